The van der Waals surface area contributed by atoms with Gasteiger partial charge in [-0.1, -0.05) is 103 Å². The molecule has 3 aromatic carbocycles. The number of hydrogen-bond acceptors (Lipinski definition) is 4. The van der Waals surface area contributed by atoms with Crippen molar-refractivity contribution in [2.45, 2.75) is 121 Å². The molecule has 285 valence electrons. The molecule has 0 spiro atoms. The van der Waals surface area contributed by atoms with Gasteiger partial charge in [-0.2, -0.15) is 13.2 Å². The Bertz CT molecular complexity index is 1930. The molecule has 1 N–H and O–H groups in total. The number of ketones is 1. The maximum atomic E-state index is 12.4. The zero-order valence-electron chi connectivity index (χ0n) is 32.6. The summed E-state index contributed by atoms with van der Waals surface area (Å²) in [7, 11) is 0. The summed E-state index contributed by atoms with van der Waals surface area (Å²) in [5.74, 6) is -0.0623. The summed E-state index contributed by atoms with van der Waals surface area (Å²) in [6, 6.07) is 16.9. The molecule has 1 atom stereocenters. The first-order chi connectivity index (χ1) is 23.7. The molecule has 4 nitrogen and oxygen atoms in total. The summed E-state index contributed by atoms with van der Waals surface area (Å²) in [4.78, 5) is 16.9. The smallest absolute Gasteiger partial charge is 0.389 e. The number of benzene rings is 3. The minimum Gasteiger partial charge on any atom is -0.512 e. The fourth-order valence-electron chi connectivity index (χ4n) is 7.02. The van der Waals surface area contributed by atoms with E-state index in [2.05, 4.69) is 90.9 Å². The van der Waals surface area contributed by atoms with Crippen LogP contribution in [0, 0.1) is 35.7 Å². The molecule has 4 aromatic rings. The van der Waals surface area contributed by atoms with Gasteiger partial charge in [0.15, 0.2) is 5.78 Å². The summed E-state index contributed by atoms with van der Waals surface area (Å²) in [6.45, 7) is 22.5. The number of carbonyl (C=O) groups is 1. The third-order valence-electron chi connectivity index (χ3n) is 9.51. The molecule has 0 fully saturated rings. The summed E-state index contributed by atoms with van der Waals surface area (Å²) < 4.78 is 43.9. The SMILES string of the molecule is CCC(CC)C(=O)/C(C)=C(\O)C(CC)CC(F)(F)F.Cc1ccc2c(CC(C)(C)C)c3c([c-]c2c1)-c1nccc2cc(CC(C)(C)C)cc(c12)O3.[Ir]. The molecule has 0 saturated carbocycles. The molecule has 1 unspecified atom stereocenters. The van der Waals surface area contributed by atoms with E-state index in [9.17, 15) is 23.1 Å². The molecular formula is C44H55F3IrNO3-. The summed E-state index contributed by atoms with van der Waals surface area (Å²) >= 11 is 0. The number of carbonyl (C=O) groups excluding carboxylic acids is 1. The number of aromatic nitrogens is 1. The molecular weight excluding hydrogens is 840 g/mol. The van der Waals surface area contributed by atoms with Gasteiger partial charge in [-0.3, -0.25) is 9.78 Å². The zero-order valence-corrected chi connectivity index (χ0v) is 35.0. The van der Waals surface area contributed by atoms with Crippen LogP contribution in [0.1, 0.15) is 112 Å². The van der Waals surface area contributed by atoms with Gasteiger partial charge in [-0.15, -0.1) is 17.5 Å². The average molecular weight is 895 g/mol. The van der Waals surface area contributed by atoms with E-state index in [4.69, 9.17) is 9.72 Å². The second-order valence-electron chi connectivity index (χ2n) is 16.6. The quantitative estimate of drug-likeness (QED) is 0.0910. The Balaban J connectivity index is 0.000000317. The van der Waals surface area contributed by atoms with Gasteiger partial charge >= 0.3 is 6.18 Å². The van der Waals surface area contributed by atoms with Crippen LogP contribution in [0.15, 0.2) is 53.9 Å². The number of halogens is 3. The van der Waals surface area contributed by atoms with Gasteiger partial charge < -0.3 is 9.84 Å². The number of fused-ring (bicyclic) bond motifs is 3. The van der Waals surface area contributed by atoms with Crippen LogP contribution in [-0.2, 0) is 37.7 Å². The van der Waals surface area contributed by atoms with Gasteiger partial charge in [0, 0.05) is 54.8 Å². The fraction of sp³-hybridized carbons (Fsp3) is 0.500. The molecule has 1 aliphatic heterocycles. The number of aliphatic hydroxyl groups is 1. The number of hydrogen-bond donors (Lipinski definition) is 1. The second-order valence-corrected chi connectivity index (χ2v) is 16.6. The van der Waals surface area contributed by atoms with Crippen LogP contribution < -0.4 is 4.74 Å². The predicted octanol–water partition coefficient (Wildman–Crippen LogP) is 13.2. The minimum absolute atomic E-state index is 0. The van der Waals surface area contributed by atoms with Crippen molar-refractivity contribution in [3.8, 4) is 22.8 Å². The zero-order chi connectivity index (χ0) is 38.1. The number of aryl methyl sites for hydroxylation is 1. The van der Waals surface area contributed by atoms with Crippen LogP contribution in [0.3, 0.4) is 0 Å². The molecule has 0 aliphatic carbocycles. The van der Waals surface area contributed by atoms with Crippen LogP contribution in [0.2, 0.25) is 0 Å². The van der Waals surface area contributed by atoms with Gasteiger partial charge in [-0.05, 0) is 79.9 Å². The largest absolute Gasteiger partial charge is 0.512 e. The average Bonchev–Trinajstić information content (AvgIpc) is 3.02. The van der Waals surface area contributed by atoms with Crippen LogP contribution in [0.5, 0.6) is 11.5 Å². The number of nitrogens with zero attached hydrogens (tertiary/aromatic N) is 1. The summed E-state index contributed by atoms with van der Waals surface area (Å²) in [5, 5.41) is 14.6. The first kappa shape index (κ1) is 43.2. The van der Waals surface area contributed by atoms with Crippen molar-refractivity contribution in [1.29, 1.82) is 0 Å². The van der Waals surface area contributed by atoms with Gasteiger partial charge in [0.05, 0.1) is 12.2 Å². The molecule has 1 radical (unpaired) electrons. The molecule has 0 amide bonds. The van der Waals surface area contributed by atoms with Gasteiger partial charge in [-0.25, -0.2) is 0 Å². The van der Waals surface area contributed by atoms with Gasteiger partial charge in [0.1, 0.15) is 11.5 Å². The van der Waals surface area contributed by atoms with E-state index in [-0.39, 0.29) is 54.6 Å². The van der Waals surface area contributed by atoms with Crippen molar-refractivity contribution in [1.82, 2.24) is 4.98 Å². The topological polar surface area (TPSA) is 59.4 Å². The molecule has 52 heavy (non-hydrogen) atoms. The Morgan fingerprint density at radius 1 is 0.904 bits per heavy atom. The Morgan fingerprint density at radius 3 is 2.08 bits per heavy atom. The Morgan fingerprint density at radius 2 is 1.52 bits per heavy atom. The van der Waals surface area contributed by atoms with E-state index >= 15 is 0 Å². The van der Waals surface area contributed by atoms with E-state index in [1.54, 1.807) is 6.92 Å². The van der Waals surface area contributed by atoms with E-state index in [0.29, 0.717) is 12.8 Å². The standard InChI is InChI=1S/C30H32NO.C14H23F3O2.Ir/c1-18-8-9-22-21(12-18)15-23-27-26-20(10-11-31-27)13-19(16-29(2,3)4)14-25(26)32-28(23)24(22)17-30(5,6)7;1-5-10(6-2)12(18)9(4)13(19)11(7-3)8-14(15,16)17;/h8-14H,16-17H2,1-7H3;10-11,19H,5-8H2,1-4H3;/q-1;;/b;13-9-;. The fourth-order valence-corrected chi connectivity index (χ4v) is 7.02. The minimum atomic E-state index is -4.34. The number of ether oxygens (including phenoxy) is 1. The van der Waals surface area contributed by atoms with Crippen LogP contribution in [-0.4, -0.2) is 22.1 Å². The van der Waals surface area contributed by atoms with Crippen LogP contribution in [0.4, 0.5) is 13.2 Å². The number of allylic oxidation sites excluding steroid dienone is 2. The number of Topliss-reactive ketones (excluding diaryl/α,β-unsaturated/α-hetero) is 1. The number of pyridine rings is 1. The third kappa shape index (κ3) is 10.5. The van der Waals surface area contributed by atoms with Gasteiger partial charge in [0.25, 0.3) is 0 Å². The predicted molar refractivity (Wildman–Crippen MR) is 204 cm³/mol. The Hall–Kier alpha value is -3.22. The van der Waals surface area contributed by atoms with Crippen molar-refractivity contribution >= 4 is 27.3 Å². The Labute approximate surface area is 322 Å². The van der Waals surface area contributed by atoms with Crippen molar-refractivity contribution in [3.05, 3.63) is 76.7 Å². The molecule has 2 heterocycles. The van der Waals surface area contributed by atoms with Crippen molar-refractivity contribution in [2.75, 3.05) is 0 Å². The van der Waals surface area contributed by atoms with Crippen LogP contribution in [0.25, 0.3) is 32.8 Å². The molecule has 5 rings (SSSR count). The maximum absolute atomic E-state index is 12.4. The van der Waals surface area contributed by atoms with Crippen molar-refractivity contribution in [3.63, 3.8) is 0 Å². The molecule has 1 aliphatic rings. The van der Waals surface area contributed by atoms with E-state index in [1.807, 2.05) is 20.0 Å². The number of alkyl halides is 3. The number of aliphatic hydroxyl groups excluding tert-OH is 1. The first-order valence-electron chi connectivity index (χ1n) is 18.2. The molecule has 0 bridgehead atoms. The van der Waals surface area contributed by atoms with E-state index < -0.39 is 24.3 Å². The van der Waals surface area contributed by atoms with Crippen molar-refractivity contribution in [2.24, 2.45) is 22.7 Å². The molecule has 0 saturated heterocycles. The first-order valence-corrected chi connectivity index (χ1v) is 18.2. The van der Waals surface area contributed by atoms with E-state index in [1.165, 1.54) is 34.4 Å². The summed E-state index contributed by atoms with van der Waals surface area (Å²) in [5.41, 5.74) is 6.19. The molecule has 8 heteroatoms. The third-order valence-corrected chi connectivity index (χ3v) is 9.51. The van der Waals surface area contributed by atoms with Gasteiger partial charge in [0.2, 0.25) is 0 Å². The summed E-state index contributed by atoms with van der Waals surface area (Å²) in [6.07, 6.45) is -0.186. The van der Waals surface area contributed by atoms with Crippen LogP contribution >= 0.6 is 0 Å². The normalized spacial score (nSPS) is 13.8. The Kier molecular flexibility index (Phi) is 14.0. The monoisotopic (exact) mass is 895 g/mol. The van der Waals surface area contributed by atoms with E-state index in [0.717, 1.165) is 46.4 Å². The second kappa shape index (κ2) is 16.8. The number of rotatable bonds is 9. The maximum Gasteiger partial charge on any atom is 0.389 e. The van der Waals surface area contributed by atoms with Crippen molar-refractivity contribution < 1.29 is 47.9 Å². The molecule has 1 aromatic heterocycles.